The monoisotopic (exact) mass is 111 g/mol. The highest BCUT2D eigenvalue weighted by Gasteiger charge is 2.31. The predicted octanol–water partition coefficient (Wildman–Crippen LogP) is 1.15. The fourth-order valence-corrected chi connectivity index (χ4v) is 1.83. The molecule has 2 fully saturated rings. The summed E-state index contributed by atoms with van der Waals surface area (Å²) in [6.45, 7) is 1.28. The fraction of sp³-hybridized carbons (Fsp3) is 1.00. The molecule has 1 saturated carbocycles. The van der Waals surface area contributed by atoms with Crippen LogP contribution in [0.2, 0.25) is 0 Å². The van der Waals surface area contributed by atoms with E-state index < -0.39 is 0 Å². The van der Waals surface area contributed by atoms with Crippen molar-refractivity contribution in [2.75, 3.05) is 6.54 Å². The van der Waals surface area contributed by atoms with Gasteiger partial charge in [-0.2, -0.15) is 0 Å². The second-order valence-corrected chi connectivity index (χ2v) is 3.04. The average Bonchev–Trinajstić information content (AvgIpc) is 1.72. The number of rotatable bonds is 0. The van der Waals surface area contributed by atoms with E-state index in [1.807, 2.05) is 0 Å². The first-order valence-electron chi connectivity index (χ1n) is 3.70. The van der Waals surface area contributed by atoms with Crippen LogP contribution in [0.1, 0.15) is 25.7 Å². The first-order valence-corrected chi connectivity index (χ1v) is 3.70. The van der Waals surface area contributed by atoms with Crippen molar-refractivity contribution >= 4 is 0 Å². The number of piperidine rings is 1. The lowest BCUT2D eigenvalue weighted by Gasteiger charge is -2.41. The molecule has 2 rings (SSSR count). The summed E-state index contributed by atoms with van der Waals surface area (Å²) in [6, 6.07) is 0.934. The molecule has 0 spiro atoms. The van der Waals surface area contributed by atoms with Gasteiger partial charge in [0.1, 0.15) is 0 Å². The SMILES string of the molecule is C1CN[C@@H]2CC[C@@H]2C1. The van der Waals surface area contributed by atoms with Crippen LogP contribution < -0.4 is 5.32 Å². The van der Waals surface area contributed by atoms with Crippen LogP contribution in [0.3, 0.4) is 0 Å². The first-order chi connectivity index (χ1) is 3.97. The zero-order valence-electron chi connectivity index (χ0n) is 5.19. The molecular formula is C7H13N. The number of hydrogen-bond acceptors (Lipinski definition) is 1. The van der Waals surface area contributed by atoms with Gasteiger partial charge in [-0.3, -0.25) is 0 Å². The van der Waals surface area contributed by atoms with E-state index in [-0.39, 0.29) is 0 Å². The molecule has 8 heavy (non-hydrogen) atoms. The molecule has 0 aromatic carbocycles. The van der Waals surface area contributed by atoms with E-state index in [9.17, 15) is 0 Å². The zero-order valence-corrected chi connectivity index (χ0v) is 5.19. The highest BCUT2D eigenvalue weighted by molar-refractivity contribution is 4.89. The number of fused-ring (bicyclic) bond motifs is 1. The van der Waals surface area contributed by atoms with Gasteiger partial charge in [0.15, 0.2) is 0 Å². The van der Waals surface area contributed by atoms with Gasteiger partial charge in [-0.25, -0.2) is 0 Å². The molecule has 1 heterocycles. The zero-order chi connectivity index (χ0) is 5.40. The van der Waals surface area contributed by atoms with Crippen LogP contribution in [0.15, 0.2) is 0 Å². The molecule has 1 aliphatic heterocycles. The van der Waals surface area contributed by atoms with E-state index in [2.05, 4.69) is 5.32 Å². The van der Waals surface area contributed by atoms with Gasteiger partial charge in [-0.1, -0.05) is 0 Å². The Morgan fingerprint density at radius 3 is 2.50 bits per heavy atom. The van der Waals surface area contributed by atoms with E-state index in [1.165, 1.54) is 32.2 Å². The summed E-state index contributed by atoms with van der Waals surface area (Å²) < 4.78 is 0. The Kier molecular flexibility index (Phi) is 1.04. The molecule has 2 aliphatic rings. The molecule has 1 aliphatic carbocycles. The molecule has 1 saturated heterocycles. The molecule has 0 bridgehead atoms. The number of nitrogens with one attached hydrogen (secondary N) is 1. The van der Waals surface area contributed by atoms with E-state index in [0.29, 0.717) is 0 Å². The van der Waals surface area contributed by atoms with Crippen LogP contribution in [-0.2, 0) is 0 Å². The summed E-state index contributed by atoms with van der Waals surface area (Å²) >= 11 is 0. The van der Waals surface area contributed by atoms with Gasteiger partial charge in [0.25, 0.3) is 0 Å². The smallest absolute Gasteiger partial charge is 0.00954 e. The van der Waals surface area contributed by atoms with Crippen LogP contribution in [0.4, 0.5) is 0 Å². The van der Waals surface area contributed by atoms with E-state index in [4.69, 9.17) is 0 Å². The third-order valence-corrected chi connectivity index (χ3v) is 2.58. The second-order valence-electron chi connectivity index (χ2n) is 3.04. The van der Waals surface area contributed by atoms with E-state index in [0.717, 1.165) is 12.0 Å². The lowest BCUT2D eigenvalue weighted by atomic mass is 9.75. The topological polar surface area (TPSA) is 12.0 Å². The summed E-state index contributed by atoms with van der Waals surface area (Å²) in [5.41, 5.74) is 0. The van der Waals surface area contributed by atoms with Crippen LogP contribution in [0.5, 0.6) is 0 Å². The first kappa shape index (κ1) is 4.80. The van der Waals surface area contributed by atoms with Gasteiger partial charge in [0.05, 0.1) is 0 Å². The van der Waals surface area contributed by atoms with Crippen molar-refractivity contribution in [2.45, 2.75) is 31.7 Å². The lowest BCUT2D eigenvalue weighted by Crippen LogP contribution is -2.47. The molecule has 1 heteroatoms. The van der Waals surface area contributed by atoms with Crippen LogP contribution in [0.25, 0.3) is 0 Å². The standard InChI is InChI=1S/C7H13N/c1-2-6-3-4-7(6)8-5-1/h6-8H,1-5H2/t6-,7+/m0/s1. The Morgan fingerprint density at radius 2 is 2.12 bits per heavy atom. The minimum atomic E-state index is 0.934. The van der Waals surface area contributed by atoms with Gasteiger partial charge in [0.2, 0.25) is 0 Å². The van der Waals surface area contributed by atoms with E-state index in [1.54, 1.807) is 0 Å². The summed E-state index contributed by atoms with van der Waals surface area (Å²) in [6.07, 6.45) is 5.86. The van der Waals surface area contributed by atoms with Gasteiger partial charge >= 0.3 is 0 Å². The predicted molar refractivity (Wildman–Crippen MR) is 33.7 cm³/mol. The lowest BCUT2D eigenvalue weighted by molar-refractivity contribution is 0.161. The Morgan fingerprint density at radius 1 is 1.12 bits per heavy atom. The fourth-order valence-electron chi connectivity index (χ4n) is 1.83. The summed E-state index contributed by atoms with van der Waals surface area (Å²) in [5.74, 6) is 1.07. The molecule has 1 nitrogen and oxygen atoms in total. The molecule has 0 aromatic heterocycles. The summed E-state index contributed by atoms with van der Waals surface area (Å²) in [4.78, 5) is 0. The molecular weight excluding hydrogens is 98.1 g/mol. The highest BCUT2D eigenvalue weighted by Crippen LogP contribution is 2.33. The minimum Gasteiger partial charge on any atom is -0.314 e. The summed E-state index contributed by atoms with van der Waals surface area (Å²) in [7, 11) is 0. The molecule has 0 amide bonds. The largest absolute Gasteiger partial charge is 0.314 e. The Bertz CT molecular complexity index is 78.4. The van der Waals surface area contributed by atoms with Crippen molar-refractivity contribution < 1.29 is 0 Å². The Hall–Kier alpha value is -0.0400. The van der Waals surface area contributed by atoms with Gasteiger partial charge in [0, 0.05) is 6.04 Å². The highest BCUT2D eigenvalue weighted by atomic mass is 14.9. The molecule has 0 radical (unpaired) electrons. The van der Waals surface area contributed by atoms with Gasteiger partial charge in [-0.15, -0.1) is 0 Å². The van der Waals surface area contributed by atoms with Crippen molar-refractivity contribution in [1.82, 2.24) is 5.32 Å². The molecule has 0 aromatic rings. The average molecular weight is 111 g/mol. The van der Waals surface area contributed by atoms with Crippen molar-refractivity contribution in [3.63, 3.8) is 0 Å². The minimum absolute atomic E-state index is 0.934. The number of hydrogen-bond donors (Lipinski definition) is 1. The second kappa shape index (κ2) is 1.73. The van der Waals surface area contributed by atoms with E-state index >= 15 is 0 Å². The van der Waals surface area contributed by atoms with Crippen molar-refractivity contribution in [3.05, 3.63) is 0 Å². The van der Waals surface area contributed by atoms with Crippen LogP contribution in [0, 0.1) is 5.92 Å². The van der Waals surface area contributed by atoms with Gasteiger partial charge < -0.3 is 5.32 Å². The maximum atomic E-state index is 3.52. The van der Waals surface area contributed by atoms with Crippen molar-refractivity contribution in [3.8, 4) is 0 Å². The molecule has 1 N–H and O–H groups in total. The van der Waals surface area contributed by atoms with Gasteiger partial charge in [-0.05, 0) is 38.1 Å². The van der Waals surface area contributed by atoms with Crippen molar-refractivity contribution in [2.24, 2.45) is 5.92 Å². The van der Waals surface area contributed by atoms with Crippen LogP contribution >= 0.6 is 0 Å². The Balaban J connectivity index is 1.92. The quantitative estimate of drug-likeness (QED) is 0.494. The molecule has 2 atom stereocenters. The maximum Gasteiger partial charge on any atom is 0.00954 e. The summed E-state index contributed by atoms with van der Waals surface area (Å²) in [5, 5.41) is 3.52. The third-order valence-electron chi connectivity index (χ3n) is 2.58. The Labute approximate surface area is 50.5 Å². The normalized spacial score (nSPS) is 45.0. The van der Waals surface area contributed by atoms with Crippen LogP contribution in [-0.4, -0.2) is 12.6 Å². The third kappa shape index (κ3) is 0.576. The van der Waals surface area contributed by atoms with Crippen molar-refractivity contribution in [1.29, 1.82) is 0 Å². The molecule has 46 valence electrons. The molecule has 0 unspecified atom stereocenters. The maximum absolute atomic E-state index is 3.52.